The van der Waals surface area contributed by atoms with Crippen molar-refractivity contribution in [2.45, 2.75) is 88.2 Å². The number of halogens is 17. The molecule has 260 valence electrons. The van der Waals surface area contributed by atoms with Crippen LogP contribution >= 0.6 is 0 Å². The second kappa shape index (κ2) is 11.3. The Balaban J connectivity index is 2.42. The van der Waals surface area contributed by atoms with Crippen molar-refractivity contribution in [3.05, 3.63) is 41.7 Å². The van der Waals surface area contributed by atoms with Crippen LogP contribution in [0, 0.1) is 11.3 Å². The lowest BCUT2D eigenvalue weighted by molar-refractivity contribution is -0.451. The van der Waals surface area contributed by atoms with E-state index in [4.69, 9.17) is 9.47 Å². The molecular weight excluding hydrogens is 671 g/mol. The first-order chi connectivity index (χ1) is 19.8. The smallest absolute Gasteiger partial charge is 0.430 e. The van der Waals surface area contributed by atoms with Gasteiger partial charge in [-0.25, -0.2) is 0 Å². The van der Waals surface area contributed by atoms with Gasteiger partial charge in [-0.05, 0) is 37.1 Å². The Kier molecular flexibility index (Phi) is 9.73. The van der Waals surface area contributed by atoms with Crippen molar-refractivity contribution in [1.29, 1.82) is 0 Å². The van der Waals surface area contributed by atoms with E-state index >= 15 is 0 Å². The molecule has 0 amide bonds. The maximum absolute atomic E-state index is 14.1. The fraction of sp³-hybridized carbons (Fsp3) is 0.680. The fourth-order valence-electron chi connectivity index (χ4n) is 4.23. The number of allylic oxidation sites excluding steroid dienone is 1. The van der Waals surface area contributed by atoms with E-state index in [1.807, 2.05) is 27.7 Å². The van der Waals surface area contributed by atoms with E-state index in [9.17, 15) is 74.6 Å². The topological polar surface area (TPSA) is 27.7 Å². The summed E-state index contributed by atoms with van der Waals surface area (Å²) in [6, 6.07) is -0.218. The lowest BCUT2D eigenvalue weighted by Crippen LogP contribution is -2.72. The van der Waals surface area contributed by atoms with Crippen LogP contribution in [0.2, 0.25) is 0 Å². The molecule has 1 aliphatic heterocycles. The molecule has 45 heavy (non-hydrogen) atoms. The number of alkyl halides is 15. The highest BCUT2D eigenvalue weighted by Crippen LogP contribution is 2.63. The summed E-state index contributed by atoms with van der Waals surface area (Å²) in [6.07, 6.45) is -8.20. The second-order valence-corrected chi connectivity index (χ2v) is 11.2. The van der Waals surface area contributed by atoms with Crippen LogP contribution in [-0.4, -0.2) is 54.4 Å². The minimum Gasteiger partial charge on any atom is -0.430 e. The Hall–Kier alpha value is -2.51. The molecule has 1 saturated heterocycles. The van der Waals surface area contributed by atoms with Crippen LogP contribution < -0.4 is 4.74 Å². The van der Waals surface area contributed by atoms with E-state index < -0.39 is 76.6 Å². The van der Waals surface area contributed by atoms with Crippen LogP contribution in [0.15, 0.2) is 36.1 Å². The van der Waals surface area contributed by atoms with Gasteiger partial charge in [-0.1, -0.05) is 27.7 Å². The number of ether oxygens (including phenoxy) is 3. The summed E-state index contributed by atoms with van der Waals surface area (Å²) in [7, 11) is 0. The third kappa shape index (κ3) is 6.04. The predicted molar refractivity (Wildman–Crippen MR) is 119 cm³/mol. The van der Waals surface area contributed by atoms with Crippen molar-refractivity contribution in [3.8, 4) is 5.75 Å². The summed E-state index contributed by atoms with van der Waals surface area (Å²) in [5.41, 5.74) is -0.345. The van der Waals surface area contributed by atoms with Crippen molar-refractivity contribution in [1.82, 2.24) is 0 Å². The van der Waals surface area contributed by atoms with Crippen molar-refractivity contribution < 1.29 is 88.8 Å². The van der Waals surface area contributed by atoms with Gasteiger partial charge in [-0.3, -0.25) is 0 Å². The Bertz CT molecular complexity index is 1250. The third-order valence-corrected chi connectivity index (χ3v) is 6.81. The normalized spacial score (nSPS) is 23.2. The Labute approximate surface area is 243 Å². The van der Waals surface area contributed by atoms with E-state index in [1.54, 1.807) is 0 Å². The number of hydrogen-bond donors (Lipinski definition) is 0. The molecule has 0 spiro atoms. The molecule has 2 atom stereocenters. The maximum atomic E-state index is 14.1. The molecule has 1 heterocycles. The average molecular weight is 694 g/mol. The van der Waals surface area contributed by atoms with E-state index in [0.717, 1.165) is 12.1 Å². The molecule has 0 radical (unpaired) electrons. The summed E-state index contributed by atoms with van der Waals surface area (Å²) in [5, 5.41) is 0. The summed E-state index contributed by atoms with van der Waals surface area (Å²) < 4.78 is 243. The van der Waals surface area contributed by atoms with Crippen LogP contribution in [0.4, 0.5) is 74.6 Å². The zero-order valence-corrected chi connectivity index (χ0v) is 23.3. The predicted octanol–water partition coefficient (Wildman–Crippen LogP) is 9.82. The number of benzene rings is 1. The fourth-order valence-corrected chi connectivity index (χ4v) is 4.23. The molecule has 3 nitrogen and oxygen atoms in total. The van der Waals surface area contributed by atoms with Gasteiger partial charge in [0.25, 0.3) is 0 Å². The van der Waals surface area contributed by atoms with Crippen molar-refractivity contribution in [3.63, 3.8) is 0 Å². The summed E-state index contributed by atoms with van der Waals surface area (Å²) in [4.78, 5) is 0. The molecule has 0 aromatic heterocycles. The quantitative estimate of drug-likeness (QED) is 0.180. The van der Waals surface area contributed by atoms with Crippen molar-refractivity contribution >= 4 is 0 Å². The molecular formula is C25H23F17O3. The molecule has 0 bridgehead atoms. The first kappa shape index (κ1) is 38.7. The van der Waals surface area contributed by atoms with Gasteiger partial charge in [0.1, 0.15) is 5.75 Å². The lowest BCUT2D eigenvalue weighted by atomic mass is 9.80. The first-order valence-corrected chi connectivity index (χ1v) is 12.3. The molecule has 1 aliphatic rings. The van der Waals surface area contributed by atoms with E-state index in [-0.39, 0.29) is 18.1 Å². The Morgan fingerprint density at radius 1 is 0.711 bits per heavy atom. The van der Waals surface area contributed by atoms with Crippen LogP contribution in [0.3, 0.4) is 0 Å². The minimum absolute atomic E-state index is 0.0486. The van der Waals surface area contributed by atoms with E-state index in [0.29, 0.717) is 12.1 Å². The van der Waals surface area contributed by atoms with Gasteiger partial charge in [0.05, 0.1) is 12.7 Å². The van der Waals surface area contributed by atoms with Gasteiger partial charge in [0, 0.05) is 11.0 Å². The number of hydrogen-bond acceptors (Lipinski definition) is 3. The highest BCUT2D eigenvalue weighted by atomic mass is 19.4. The van der Waals surface area contributed by atoms with Crippen LogP contribution in [-0.2, 0) is 15.3 Å². The van der Waals surface area contributed by atoms with Crippen LogP contribution in [0.5, 0.6) is 5.75 Å². The highest BCUT2D eigenvalue weighted by Gasteiger charge is 2.94. The van der Waals surface area contributed by atoms with E-state index in [2.05, 4.69) is 4.74 Å². The molecule has 1 aromatic rings. The zero-order chi connectivity index (χ0) is 35.6. The van der Waals surface area contributed by atoms with Crippen molar-refractivity contribution in [2.24, 2.45) is 11.3 Å². The third-order valence-electron chi connectivity index (χ3n) is 6.81. The van der Waals surface area contributed by atoms with Gasteiger partial charge < -0.3 is 14.2 Å². The standard InChI is InChI=1S/C25H23F17O3/c1-11(2)15-17(3,4)10-43-18(5,45-15)12-6-8-13(9-7-12)44-16(27)14(26)19(28,29)20(30,31)21(32,33)22(34,35)23(36,37)24(38,39)25(40,41)42/h6-9,11,15H,10H2,1-5H3. The average Bonchev–Trinajstić information content (AvgIpc) is 2.88. The molecule has 0 saturated carbocycles. The first-order valence-electron chi connectivity index (χ1n) is 12.3. The Morgan fingerprint density at radius 3 is 1.56 bits per heavy atom. The lowest BCUT2D eigenvalue weighted by Gasteiger charge is -2.49. The monoisotopic (exact) mass is 694 g/mol. The second-order valence-electron chi connectivity index (χ2n) is 11.2. The largest absolute Gasteiger partial charge is 0.460 e. The Morgan fingerprint density at radius 2 is 1.13 bits per heavy atom. The minimum atomic E-state index is -8.65. The van der Waals surface area contributed by atoms with E-state index in [1.165, 1.54) is 6.92 Å². The summed E-state index contributed by atoms with van der Waals surface area (Å²) in [6.45, 7) is 8.89. The number of rotatable bonds is 10. The molecule has 0 N–H and O–H groups in total. The molecule has 1 aromatic carbocycles. The molecule has 1 fully saturated rings. The van der Waals surface area contributed by atoms with Crippen LogP contribution in [0.25, 0.3) is 0 Å². The molecule has 2 rings (SSSR count). The van der Waals surface area contributed by atoms with Gasteiger partial charge in [-0.15, -0.1) is 0 Å². The molecule has 20 heteroatoms. The van der Waals surface area contributed by atoms with Gasteiger partial charge in [0.2, 0.25) is 5.83 Å². The SMILES string of the molecule is CC(C)C1OC(C)(c2ccc(OC(F)=C(F)C(F)(F)C(F)(F)C(F)(F)C(F)(F)C(F)(F)C(F)(F)C(F)(F)F)cc2)OCC1(C)C. The molecule has 0 aliphatic carbocycles. The highest BCUT2D eigenvalue weighted by molar-refractivity contribution is 5.32. The summed E-state index contributed by atoms with van der Waals surface area (Å²) >= 11 is 0. The summed E-state index contributed by atoms with van der Waals surface area (Å²) in [5.74, 6) is -56.9. The van der Waals surface area contributed by atoms with Gasteiger partial charge in [0.15, 0.2) is 5.79 Å². The van der Waals surface area contributed by atoms with Crippen molar-refractivity contribution in [2.75, 3.05) is 6.61 Å². The van der Waals surface area contributed by atoms with Crippen LogP contribution in [0.1, 0.15) is 40.2 Å². The van der Waals surface area contributed by atoms with Gasteiger partial charge >= 0.3 is 47.7 Å². The maximum Gasteiger partial charge on any atom is 0.460 e. The zero-order valence-electron chi connectivity index (χ0n) is 23.3. The van der Waals surface area contributed by atoms with Gasteiger partial charge in [-0.2, -0.15) is 74.6 Å². The molecule has 2 unspecified atom stereocenters.